The zero-order valence-electron chi connectivity index (χ0n) is 13.9. The highest BCUT2D eigenvalue weighted by Crippen LogP contribution is 2.15. The largest absolute Gasteiger partial charge is 0.330 e. The third-order valence-electron chi connectivity index (χ3n) is 2.78. The fourth-order valence-electron chi connectivity index (χ4n) is 1.59. The van der Waals surface area contributed by atoms with E-state index in [4.69, 9.17) is 10.3 Å². The number of allylic oxidation sites excluding steroid dienone is 2. The van der Waals surface area contributed by atoms with Crippen molar-refractivity contribution in [2.75, 3.05) is 12.3 Å². The van der Waals surface area contributed by atoms with Gasteiger partial charge in [-0.05, 0) is 55.8 Å². The maximum atomic E-state index is 8.06. The van der Waals surface area contributed by atoms with E-state index in [0.717, 1.165) is 37.1 Å². The van der Waals surface area contributed by atoms with Crippen LogP contribution in [0.3, 0.4) is 0 Å². The lowest BCUT2D eigenvalue weighted by Crippen LogP contribution is -1.98. The van der Waals surface area contributed by atoms with E-state index in [-0.39, 0.29) is 0 Å². The lowest BCUT2D eigenvalue weighted by atomic mass is 9.95. The minimum atomic E-state index is 0.313. The SMILES string of the molecule is Cc1ccc(CC/C=C/C(C)(C)C)cc1.NCCCSO. The van der Waals surface area contributed by atoms with Gasteiger partial charge in [0.25, 0.3) is 0 Å². The Kier molecular flexibility index (Phi) is 11.4. The number of hydrogen-bond donors (Lipinski definition) is 2. The van der Waals surface area contributed by atoms with Crippen molar-refractivity contribution >= 4 is 12.0 Å². The molecular weight excluding hydrogens is 278 g/mol. The van der Waals surface area contributed by atoms with Crippen LogP contribution in [-0.2, 0) is 6.42 Å². The molecule has 0 saturated carbocycles. The molecule has 0 atom stereocenters. The van der Waals surface area contributed by atoms with Crippen LogP contribution in [0.1, 0.15) is 44.7 Å². The molecule has 0 saturated heterocycles. The van der Waals surface area contributed by atoms with Crippen molar-refractivity contribution in [1.82, 2.24) is 0 Å². The lowest BCUT2D eigenvalue weighted by Gasteiger charge is -2.10. The molecule has 1 aromatic rings. The van der Waals surface area contributed by atoms with Crippen LogP contribution in [0.15, 0.2) is 36.4 Å². The Hall–Kier alpha value is -0.770. The van der Waals surface area contributed by atoms with E-state index >= 15 is 0 Å². The minimum absolute atomic E-state index is 0.313. The van der Waals surface area contributed by atoms with E-state index in [0.29, 0.717) is 12.0 Å². The minimum Gasteiger partial charge on any atom is -0.330 e. The molecule has 0 amide bonds. The first-order valence-electron chi connectivity index (χ1n) is 7.58. The van der Waals surface area contributed by atoms with Crippen LogP contribution in [0.2, 0.25) is 0 Å². The molecule has 3 N–H and O–H groups in total. The highest BCUT2D eigenvalue weighted by atomic mass is 32.2. The summed E-state index contributed by atoms with van der Waals surface area (Å²) in [6.07, 6.45) is 7.77. The summed E-state index contributed by atoms with van der Waals surface area (Å²) in [5, 5.41) is 0. The van der Waals surface area contributed by atoms with Crippen molar-refractivity contribution in [3.63, 3.8) is 0 Å². The van der Waals surface area contributed by atoms with Gasteiger partial charge in [0.2, 0.25) is 0 Å². The van der Waals surface area contributed by atoms with Crippen LogP contribution in [0.4, 0.5) is 0 Å². The van der Waals surface area contributed by atoms with Crippen molar-refractivity contribution in [2.24, 2.45) is 11.1 Å². The van der Waals surface area contributed by atoms with Gasteiger partial charge in [0, 0.05) is 5.75 Å². The van der Waals surface area contributed by atoms with Crippen LogP contribution in [0.25, 0.3) is 0 Å². The van der Waals surface area contributed by atoms with Gasteiger partial charge in [0.15, 0.2) is 0 Å². The summed E-state index contributed by atoms with van der Waals surface area (Å²) < 4.78 is 8.06. The van der Waals surface area contributed by atoms with Crippen LogP contribution in [0, 0.1) is 12.3 Å². The molecule has 21 heavy (non-hydrogen) atoms. The van der Waals surface area contributed by atoms with Crippen molar-refractivity contribution < 1.29 is 4.55 Å². The first-order valence-corrected chi connectivity index (χ1v) is 8.53. The van der Waals surface area contributed by atoms with Gasteiger partial charge in [-0.2, -0.15) is 0 Å². The van der Waals surface area contributed by atoms with Crippen molar-refractivity contribution in [2.45, 2.75) is 47.0 Å². The molecule has 0 unspecified atom stereocenters. The summed E-state index contributed by atoms with van der Waals surface area (Å²) in [5.74, 6) is 0.760. The molecule has 0 spiro atoms. The van der Waals surface area contributed by atoms with Crippen LogP contribution < -0.4 is 5.73 Å². The Labute approximate surface area is 135 Å². The second kappa shape index (κ2) is 11.8. The monoisotopic (exact) mass is 309 g/mol. The molecule has 0 aliphatic heterocycles. The molecule has 0 fully saturated rings. The summed E-state index contributed by atoms with van der Waals surface area (Å²) in [6.45, 7) is 9.50. The number of aryl methyl sites for hydroxylation is 2. The molecule has 1 rings (SSSR count). The Morgan fingerprint density at radius 1 is 1.19 bits per heavy atom. The van der Waals surface area contributed by atoms with Gasteiger partial charge in [-0.3, -0.25) is 0 Å². The fourth-order valence-corrected chi connectivity index (χ4v) is 1.89. The molecule has 0 heterocycles. The standard InChI is InChI=1S/C15H22.C3H9NOS/c1-13-8-10-14(11-9-13)7-5-6-12-15(2,3)4;4-2-1-3-6-5/h6,8-12H,5,7H2,1-4H3;5H,1-4H2/b12-6+;. The topological polar surface area (TPSA) is 46.2 Å². The quantitative estimate of drug-likeness (QED) is 0.438. The van der Waals surface area contributed by atoms with E-state index < -0.39 is 0 Å². The Morgan fingerprint density at radius 3 is 2.24 bits per heavy atom. The maximum absolute atomic E-state index is 8.06. The van der Waals surface area contributed by atoms with Gasteiger partial charge in [0.1, 0.15) is 0 Å². The molecular formula is C18H31NOS. The number of benzene rings is 1. The first-order chi connectivity index (χ1) is 9.89. The van der Waals surface area contributed by atoms with E-state index in [1.165, 1.54) is 11.1 Å². The second-order valence-electron chi connectivity index (χ2n) is 6.27. The van der Waals surface area contributed by atoms with Crippen molar-refractivity contribution in [3.05, 3.63) is 47.5 Å². The number of rotatable bonds is 6. The highest BCUT2D eigenvalue weighted by molar-refractivity contribution is 7.93. The van der Waals surface area contributed by atoms with Gasteiger partial charge < -0.3 is 10.3 Å². The smallest absolute Gasteiger partial charge is 0.0207 e. The molecule has 0 aliphatic carbocycles. The summed E-state index contributed by atoms with van der Waals surface area (Å²) in [4.78, 5) is 0. The van der Waals surface area contributed by atoms with Crippen LogP contribution >= 0.6 is 12.0 Å². The van der Waals surface area contributed by atoms with Gasteiger partial charge in [-0.25, -0.2) is 0 Å². The van der Waals surface area contributed by atoms with Crippen molar-refractivity contribution in [1.29, 1.82) is 0 Å². The molecule has 0 radical (unpaired) electrons. The van der Waals surface area contributed by atoms with E-state index in [2.05, 4.69) is 64.1 Å². The molecule has 120 valence electrons. The van der Waals surface area contributed by atoms with Crippen LogP contribution in [-0.4, -0.2) is 16.9 Å². The summed E-state index contributed by atoms with van der Waals surface area (Å²) in [6, 6.07) is 8.81. The highest BCUT2D eigenvalue weighted by Gasteiger charge is 2.02. The molecule has 2 nitrogen and oxygen atoms in total. The van der Waals surface area contributed by atoms with Crippen molar-refractivity contribution in [3.8, 4) is 0 Å². The third-order valence-corrected chi connectivity index (χ3v) is 3.25. The predicted octanol–water partition coefficient (Wildman–Crippen LogP) is 5.07. The van der Waals surface area contributed by atoms with E-state index in [1.807, 2.05) is 0 Å². The zero-order chi connectivity index (χ0) is 16.1. The predicted molar refractivity (Wildman–Crippen MR) is 96.9 cm³/mol. The average molecular weight is 310 g/mol. The summed E-state index contributed by atoms with van der Waals surface area (Å²) >= 11 is 0.846. The second-order valence-corrected chi connectivity index (χ2v) is 6.93. The Balaban J connectivity index is 0.000000567. The molecule has 1 aromatic carbocycles. The zero-order valence-corrected chi connectivity index (χ0v) is 14.7. The Morgan fingerprint density at radius 2 is 1.81 bits per heavy atom. The van der Waals surface area contributed by atoms with E-state index in [9.17, 15) is 0 Å². The number of hydrogen-bond acceptors (Lipinski definition) is 3. The summed E-state index contributed by atoms with van der Waals surface area (Å²) in [7, 11) is 0. The van der Waals surface area contributed by atoms with Gasteiger partial charge in [-0.15, -0.1) is 0 Å². The van der Waals surface area contributed by atoms with E-state index in [1.54, 1.807) is 0 Å². The average Bonchev–Trinajstić information content (AvgIpc) is 2.43. The van der Waals surface area contributed by atoms with Crippen LogP contribution in [0.5, 0.6) is 0 Å². The molecule has 0 aliphatic rings. The number of nitrogens with two attached hydrogens (primary N) is 1. The molecule has 3 heteroatoms. The molecule has 0 aromatic heterocycles. The third kappa shape index (κ3) is 13.9. The van der Waals surface area contributed by atoms with Gasteiger partial charge in [-0.1, -0.05) is 62.8 Å². The fraction of sp³-hybridized carbons (Fsp3) is 0.556. The first kappa shape index (κ1) is 20.2. The van der Waals surface area contributed by atoms with Gasteiger partial charge in [0.05, 0.1) is 0 Å². The summed E-state index contributed by atoms with van der Waals surface area (Å²) in [5.41, 5.74) is 8.17. The molecule has 0 bridgehead atoms. The lowest BCUT2D eigenvalue weighted by molar-refractivity contribution is 0.542. The maximum Gasteiger partial charge on any atom is 0.0207 e. The Bertz CT molecular complexity index is 375. The van der Waals surface area contributed by atoms with Gasteiger partial charge >= 0.3 is 0 Å². The normalized spacial score (nSPS) is 11.3.